The van der Waals surface area contributed by atoms with Crippen molar-refractivity contribution in [1.29, 1.82) is 0 Å². The Bertz CT molecular complexity index is 376. The number of hydrogen-bond acceptors (Lipinski definition) is 1. The molecule has 1 saturated heterocycles. The van der Waals surface area contributed by atoms with E-state index in [1.54, 1.807) is 6.07 Å². The second-order valence-electron chi connectivity index (χ2n) is 4.22. The number of hydrogen-bond donors (Lipinski definition) is 1. The summed E-state index contributed by atoms with van der Waals surface area (Å²) >= 11 is 11.8. The molecule has 1 aromatic rings. The molecule has 1 heterocycles. The molecule has 1 nitrogen and oxygen atoms in total. The van der Waals surface area contributed by atoms with E-state index in [0.717, 1.165) is 25.9 Å². The van der Waals surface area contributed by atoms with E-state index in [4.69, 9.17) is 23.2 Å². The molecular formula is C12H14Cl2FN. The van der Waals surface area contributed by atoms with E-state index in [-0.39, 0.29) is 10.8 Å². The minimum atomic E-state index is -0.354. The summed E-state index contributed by atoms with van der Waals surface area (Å²) in [6.07, 6.45) is 2.83. The second-order valence-corrected chi connectivity index (χ2v) is 5.03. The number of benzene rings is 1. The molecule has 0 amide bonds. The van der Waals surface area contributed by atoms with Crippen LogP contribution in [-0.2, 0) is 6.42 Å². The minimum Gasteiger partial charge on any atom is -0.317 e. The van der Waals surface area contributed by atoms with Crippen LogP contribution in [0.5, 0.6) is 0 Å². The molecule has 0 aliphatic carbocycles. The first kappa shape index (κ1) is 12.2. The Labute approximate surface area is 105 Å². The van der Waals surface area contributed by atoms with Crippen molar-refractivity contribution >= 4 is 23.2 Å². The standard InChI is InChI=1S/C12H14Cl2FN/c13-10-1-2-11(14)12(15)9(10)7-8-3-5-16-6-4-8/h1-2,8,16H,3-7H2. The Morgan fingerprint density at radius 3 is 2.50 bits per heavy atom. The molecule has 0 unspecified atom stereocenters. The van der Waals surface area contributed by atoms with Gasteiger partial charge in [0.25, 0.3) is 0 Å². The molecule has 0 atom stereocenters. The topological polar surface area (TPSA) is 12.0 Å². The highest BCUT2D eigenvalue weighted by molar-refractivity contribution is 6.33. The van der Waals surface area contributed by atoms with Crippen LogP contribution in [-0.4, -0.2) is 13.1 Å². The minimum absolute atomic E-state index is 0.160. The van der Waals surface area contributed by atoms with Crippen LogP contribution in [0.15, 0.2) is 12.1 Å². The first-order valence-electron chi connectivity index (χ1n) is 5.51. The molecule has 1 aliphatic rings. The van der Waals surface area contributed by atoms with Gasteiger partial charge in [0, 0.05) is 10.6 Å². The molecule has 16 heavy (non-hydrogen) atoms. The molecule has 0 saturated carbocycles. The highest BCUT2D eigenvalue weighted by Gasteiger charge is 2.18. The van der Waals surface area contributed by atoms with Gasteiger partial charge >= 0.3 is 0 Å². The summed E-state index contributed by atoms with van der Waals surface area (Å²) in [5.41, 5.74) is 0.570. The lowest BCUT2D eigenvalue weighted by Gasteiger charge is -2.23. The fraction of sp³-hybridized carbons (Fsp3) is 0.500. The Balaban J connectivity index is 2.16. The number of nitrogens with one attached hydrogen (secondary N) is 1. The predicted octanol–water partition coefficient (Wildman–Crippen LogP) is 3.67. The van der Waals surface area contributed by atoms with E-state index in [1.807, 2.05) is 0 Å². The third-order valence-electron chi connectivity index (χ3n) is 3.09. The molecule has 0 aromatic heterocycles. The van der Waals surface area contributed by atoms with Gasteiger partial charge in [-0.05, 0) is 50.4 Å². The van der Waals surface area contributed by atoms with Crippen molar-refractivity contribution in [2.24, 2.45) is 5.92 Å². The zero-order valence-electron chi connectivity index (χ0n) is 8.90. The Morgan fingerprint density at radius 1 is 1.19 bits per heavy atom. The van der Waals surface area contributed by atoms with E-state index in [2.05, 4.69) is 5.32 Å². The fourth-order valence-electron chi connectivity index (χ4n) is 2.13. The SMILES string of the molecule is Fc1c(Cl)ccc(Cl)c1CC1CCNCC1. The third kappa shape index (κ3) is 2.68. The van der Waals surface area contributed by atoms with Crippen molar-refractivity contribution in [3.63, 3.8) is 0 Å². The second kappa shape index (κ2) is 5.35. The van der Waals surface area contributed by atoms with Crippen LogP contribution in [0.3, 0.4) is 0 Å². The van der Waals surface area contributed by atoms with Crippen LogP contribution in [0.1, 0.15) is 18.4 Å². The maximum atomic E-state index is 13.8. The van der Waals surface area contributed by atoms with Crippen molar-refractivity contribution < 1.29 is 4.39 Å². The monoisotopic (exact) mass is 261 g/mol. The molecule has 1 aliphatic heterocycles. The van der Waals surface area contributed by atoms with Crippen LogP contribution in [0, 0.1) is 11.7 Å². The van der Waals surface area contributed by atoms with E-state index in [0.29, 0.717) is 22.9 Å². The molecule has 1 aromatic carbocycles. The molecule has 1 N–H and O–H groups in total. The summed E-state index contributed by atoms with van der Waals surface area (Å²) in [5.74, 6) is 0.152. The van der Waals surface area contributed by atoms with Crippen molar-refractivity contribution in [1.82, 2.24) is 5.32 Å². The van der Waals surface area contributed by atoms with Gasteiger partial charge in [0.05, 0.1) is 5.02 Å². The molecule has 4 heteroatoms. The van der Waals surface area contributed by atoms with Gasteiger partial charge < -0.3 is 5.32 Å². The maximum absolute atomic E-state index is 13.8. The lowest BCUT2D eigenvalue weighted by molar-refractivity contribution is 0.368. The average molecular weight is 262 g/mol. The molecular weight excluding hydrogens is 248 g/mol. The Hall–Kier alpha value is -0.310. The molecule has 1 fully saturated rings. The van der Waals surface area contributed by atoms with E-state index < -0.39 is 0 Å². The molecule has 2 rings (SSSR count). The van der Waals surface area contributed by atoms with Gasteiger partial charge in [-0.2, -0.15) is 0 Å². The molecule has 0 spiro atoms. The first-order chi connectivity index (χ1) is 7.68. The average Bonchev–Trinajstić information content (AvgIpc) is 2.31. The van der Waals surface area contributed by atoms with Crippen LogP contribution in [0.4, 0.5) is 4.39 Å². The number of halogens is 3. The smallest absolute Gasteiger partial charge is 0.146 e. The molecule has 0 bridgehead atoms. The van der Waals surface area contributed by atoms with Crippen molar-refractivity contribution in [3.8, 4) is 0 Å². The van der Waals surface area contributed by atoms with Gasteiger partial charge in [-0.3, -0.25) is 0 Å². The van der Waals surface area contributed by atoms with Gasteiger partial charge in [-0.1, -0.05) is 23.2 Å². The van der Waals surface area contributed by atoms with Crippen molar-refractivity contribution in [3.05, 3.63) is 33.6 Å². The summed E-state index contributed by atoms with van der Waals surface area (Å²) in [7, 11) is 0. The van der Waals surface area contributed by atoms with Gasteiger partial charge in [0.15, 0.2) is 0 Å². The van der Waals surface area contributed by atoms with Crippen LogP contribution in [0.2, 0.25) is 10.0 Å². The fourth-order valence-corrected chi connectivity index (χ4v) is 2.53. The van der Waals surface area contributed by atoms with E-state index in [1.165, 1.54) is 6.07 Å². The Kier molecular flexibility index (Phi) is 4.06. The zero-order chi connectivity index (χ0) is 11.5. The van der Waals surface area contributed by atoms with Gasteiger partial charge in [0.1, 0.15) is 5.82 Å². The van der Waals surface area contributed by atoms with Crippen molar-refractivity contribution in [2.75, 3.05) is 13.1 Å². The summed E-state index contributed by atoms with van der Waals surface area (Å²) in [4.78, 5) is 0. The van der Waals surface area contributed by atoms with Crippen LogP contribution >= 0.6 is 23.2 Å². The summed E-state index contributed by atoms with van der Waals surface area (Å²) < 4.78 is 13.8. The summed E-state index contributed by atoms with van der Waals surface area (Å²) in [6, 6.07) is 3.18. The van der Waals surface area contributed by atoms with E-state index in [9.17, 15) is 4.39 Å². The normalized spacial score (nSPS) is 17.7. The lowest BCUT2D eigenvalue weighted by atomic mass is 9.91. The lowest BCUT2D eigenvalue weighted by Crippen LogP contribution is -2.28. The highest BCUT2D eigenvalue weighted by Crippen LogP contribution is 2.29. The maximum Gasteiger partial charge on any atom is 0.146 e. The Morgan fingerprint density at radius 2 is 1.81 bits per heavy atom. The summed E-state index contributed by atoms with van der Waals surface area (Å²) in [5, 5.41) is 3.94. The zero-order valence-corrected chi connectivity index (χ0v) is 10.4. The molecule has 88 valence electrons. The van der Waals surface area contributed by atoms with Gasteiger partial charge in [-0.25, -0.2) is 4.39 Å². The van der Waals surface area contributed by atoms with E-state index >= 15 is 0 Å². The van der Waals surface area contributed by atoms with Gasteiger partial charge in [0.2, 0.25) is 0 Å². The van der Waals surface area contributed by atoms with Gasteiger partial charge in [-0.15, -0.1) is 0 Å². The summed E-state index contributed by atoms with van der Waals surface area (Å²) in [6.45, 7) is 2.01. The third-order valence-corrected chi connectivity index (χ3v) is 3.74. The predicted molar refractivity (Wildman–Crippen MR) is 65.7 cm³/mol. The number of rotatable bonds is 2. The first-order valence-corrected chi connectivity index (χ1v) is 6.27. The van der Waals surface area contributed by atoms with Crippen molar-refractivity contribution in [2.45, 2.75) is 19.3 Å². The number of piperidine rings is 1. The van der Waals surface area contributed by atoms with Crippen LogP contribution in [0.25, 0.3) is 0 Å². The molecule has 0 radical (unpaired) electrons. The quantitative estimate of drug-likeness (QED) is 0.802. The largest absolute Gasteiger partial charge is 0.317 e. The highest BCUT2D eigenvalue weighted by atomic mass is 35.5. The van der Waals surface area contributed by atoms with Crippen LogP contribution < -0.4 is 5.32 Å².